The summed E-state index contributed by atoms with van der Waals surface area (Å²) in [6, 6.07) is 7.86. The number of hydrogen-bond donors (Lipinski definition) is 0. The molecule has 1 amide bonds. The van der Waals surface area contributed by atoms with Gasteiger partial charge >= 0.3 is 0 Å². The molecular formula is C18H20N4O2. The molecule has 0 aliphatic carbocycles. The van der Waals surface area contributed by atoms with E-state index in [1.165, 1.54) is 0 Å². The van der Waals surface area contributed by atoms with Gasteiger partial charge in [-0.3, -0.25) is 9.48 Å². The average molecular weight is 324 g/mol. The number of likely N-dealkylation sites (tertiary alicyclic amines) is 1. The Morgan fingerprint density at radius 1 is 1.38 bits per heavy atom. The van der Waals surface area contributed by atoms with Crippen molar-refractivity contribution >= 4 is 16.9 Å². The van der Waals surface area contributed by atoms with Gasteiger partial charge in [-0.1, -0.05) is 17.3 Å². The summed E-state index contributed by atoms with van der Waals surface area (Å²) in [4.78, 5) is 14.7. The van der Waals surface area contributed by atoms with Crippen molar-refractivity contribution in [3.8, 4) is 0 Å². The van der Waals surface area contributed by atoms with Crippen molar-refractivity contribution in [1.82, 2.24) is 19.8 Å². The van der Waals surface area contributed by atoms with Gasteiger partial charge in [0.25, 0.3) is 0 Å². The minimum absolute atomic E-state index is 0.112. The van der Waals surface area contributed by atoms with Gasteiger partial charge in [0.05, 0.1) is 25.2 Å². The standard InChI is InChI=1S/C18H20N4O2/c1-13-10-19-21(11-13)12-14-5-4-8-22(14)18(23)9-16-15-6-2-3-7-17(15)24-20-16/h2-3,6-7,10-11,14H,4-5,8-9,12H2,1H3. The van der Waals surface area contributed by atoms with Gasteiger partial charge in [0.2, 0.25) is 5.91 Å². The summed E-state index contributed by atoms with van der Waals surface area (Å²) in [5.41, 5.74) is 2.58. The van der Waals surface area contributed by atoms with Crippen LogP contribution in [0.25, 0.3) is 11.0 Å². The number of rotatable bonds is 4. The first kappa shape index (κ1) is 14.9. The summed E-state index contributed by atoms with van der Waals surface area (Å²) in [6.45, 7) is 3.58. The second kappa shape index (κ2) is 6.11. The molecule has 6 heteroatoms. The van der Waals surface area contributed by atoms with Crippen LogP contribution in [0.2, 0.25) is 0 Å². The van der Waals surface area contributed by atoms with Crippen LogP contribution >= 0.6 is 0 Å². The van der Waals surface area contributed by atoms with Gasteiger partial charge in [-0.15, -0.1) is 0 Å². The highest BCUT2D eigenvalue weighted by Gasteiger charge is 2.30. The molecule has 3 heterocycles. The van der Waals surface area contributed by atoms with Crippen molar-refractivity contribution in [3.63, 3.8) is 0 Å². The number of para-hydroxylation sites is 1. The van der Waals surface area contributed by atoms with Crippen molar-refractivity contribution in [1.29, 1.82) is 0 Å². The Morgan fingerprint density at radius 3 is 3.08 bits per heavy atom. The highest BCUT2D eigenvalue weighted by molar-refractivity contribution is 5.86. The zero-order chi connectivity index (χ0) is 16.5. The van der Waals surface area contributed by atoms with Crippen LogP contribution in [0.4, 0.5) is 0 Å². The van der Waals surface area contributed by atoms with Crippen LogP contribution in [0.3, 0.4) is 0 Å². The zero-order valence-corrected chi connectivity index (χ0v) is 13.7. The lowest BCUT2D eigenvalue weighted by molar-refractivity contribution is -0.131. The van der Waals surface area contributed by atoms with Crippen LogP contribution in [0.15, 0.2) is 41.2 Å². The van der Waals surface area contributed by atoms with E-state index >= 15 is 0 Å². The highest BCUT2D eigenvalue weighted by atomic mass is 16.5. The molecule has 1 saturated heterocycles. The topological polar surface area (TPSA) is 64.2 Å². The van der Waals surface area contributed by atoms with Crippen LogP contribution in [0.5, 0.6) is 0 Å². The van der Waals surface area contributed by atoms with Gasteiger partial charge in [-0.05, 0) is 37.5 Å². The second-order valence-corrected chi connectivity index (χ2v) is 6.43. The van der Waals surface area contributed by atoms with E-state index in [1.807, 2.05) is 53.2 Å². The number of benzene rings is 1. The normalized spacial score (nSPS) is 17.7. The number of aromatic nitrogens is 3. The Balaban J connectivity index is 1.48. The molecule has 1 aliphatic heterocycles. The number of hydrogen-bond acceptors (Lipinski definition) is 4. The molecule has 124 valence electrons. The summed E-state index contributed by atoms with van der Waals surface area (Å²) in [5.74, 6) is 0.112. The van der Waals surface area contributed by atoms with Crippen molar-refractivity contribution in [2.24, 2.45) is 0 Å². The molecule has 24 heavy (non-hydrogen) atoms. The third-order valence-electron chi connectivity index (χ3n) is 4.63. The number of fused-ring (bicyclic) bond motifs is 1. The Morgan fingerprint density at radius 2 is 2.25 bits per heavy atom. The molecule has 0 N–H and O–H groups in total. The van der Waals surface area contributed by atoms with Crippen LogP contribution in [0.1, 0.15) is 24.1 Å². The van der Waals surface area contributed by atoms with E-state index in [9.17, 15) is 4.79 Å². The first-order valence-corrected chi connectivity index (χ1v) is 8.32. The lowest BCUT2D eigenvalue weighted by atomic mass is 10.1. The molecule has 0 saturated carbocycles. The highest BCUT2D eigenvalue weighted by Crippen LogP contribution is 2.23. The SMILES string of the molecule is Cc1cnn(CC2CCCN2C(=O)Cc2noc3ccccc23)c1. The van der Waals surface area contributed by atoms with E-state index in [1.54, 1.807) is 0 Å². The van der Waals surface area contributed by atoms with Crippen molar-refractivity contribution in [3.05, 3.63) is 47.9 Å². The van der Waals surface area contributed by atoms with Crippen molar-refractivity contribution in [2.45, 2.75) is 38.8 Å². The molecular weight excluding hydrogens is 304 g/mol. The third-order valence-corrected chi connectivity index (χ3v) is 4.63. The van der Waals surface area contributed by atoms with Gasteiger partial charge in [-0.25, -0.2) is 0 Å². The molecule has 2 aromatic heterocycles. The second-order valence-electron chi connectivity index (χ2n) is 6.43. The monoisotopic (exact) mass is 324 g/mol. The maximum Gasteiger partial charge on any atom is 0.229 e. The number of nitrogens with zero attached hydrogens (tertiary/aromatic N) is 4. The fourth-order valence-electron chi connectivity index (χ4n) is 3.45. The van der Waals surface area contributed by atoms with Gasteiger partial charge in [0.1, 0.15) is 5.69 Å². The van der Waals surface area contributed by atoms with Gasteiger partial charge < -0.3 is 9.42 Å². The van der Waals surface area contributed by atoms with Crippen LogP contribution in [0, 0.1) is 6.92 Å². The number of aryl methyl sites for hydroxylation is 1. The molecule has 0 bridgehead atoms. The smallest absolute Gasteiger partial charge is 0.229 e. The summed E-state index contributed by atoms with van der Waals surface area (Å²) < 4.78 is 7.23. The van der Waals surface area contributed by atoms with Gasteiger partial charge in [0, 0.05) is 18.1 Å². The molecule has 1 aromatic carbocycles. The summed E-state index contributed by atoms with van der Waals surface area (Å²) in [7, 11) is 0. The predicted octanol–water partition coefficient (Wildman–Crippen LogP) is 2.57. The van der Waals surface area contributed by atoms with Crippen LogP contribution in [-0.4, -0.2) is 38.3 Å². The number of amides is 1. The molecule has 0 spiro atoms. The first-order chi connectivity index (χ1) is 11.7. The predicted molar refractivity (Wildman–Crippen MR) is 89.4 cm³/mol. The van der Waals surface area contributed by atoms with E-state index in [0.29, 0.717) is 0 Å². The quantitative estimate of drug-likeness (QED) is 0.740. The Bertz CT molecular complexity index is 867. The summed E-state index contributed by atoms with van der Waals surface area (Å²) in [5, 5.41) is 9.34. The molecule has 4 rings (SSSR count). The zero-order valence-electron chi connectivity index (χ0n) is 13.7. The Kier molecular flexibility index (Phi) is 3.80. The van der Waals surface area contributed by atoms with Crippen LogP contribution < -0.4 is 0 Å². The molecule has 1 aliphatic rings. The molecule has 1 fully saturated rings. The average Bonchev–Trinajstić information content (AvgIpc) is 3.29. The molecule has 1 unspecified atom stereocenters. The number of carbonyl (C=O) groups excluding carboxylic acids is 1. The van der Waals surface area contributed by atoms with Crippen LogP contribution in [-0.2, 0) is 17.8 Å². The van der Waals surface area contributed by atoms with E-state index in [4.69, 9.17) is 4.52 Å². The number of carbonyl (C=O) groups is 1. The molecule has 3 aromatic rings. The fraction of sp³-hybridized carbons (Fsp3) is 0.389. The molecule has 0 radical (unpaired) electrons. The lowest BCUT2D eigenvalue weighted by Gasteiger charge is -2.24. The van der Waals surface area contributed by atoms with Gasteiger partial charge in [-0.2, -0.15) is 5.10 Å². The maximum atomic E-state index is 12.8. The van der Waals surface area contributed by atoms with E-state index in [2.05, 4.69) is 10.3 Å². The van der Waals surface area contributed by atoms with Crippen molar-refractivity contribution in [2.75, 3.05) is 6.54 Å². The first-order valence-electron chi connectivity index (χ1n) is 8.32. The van der Waals surface area contributed by atoms with Crippen molar-refractivity contribution < 1.29 is 9.32 Å². The fourth-order valence-corrected chi connectivity index (χ4v) is 3.45. The van der Waals surface area contributed by atoms with E-state index < -0.39 is 0 Å². The molecule has 1 atom stereocenters. The Labute approximate surface area is 140 Å². The summed E-state index contributed by atoms with van der Waals surface area (Å²) >= 11 is 0. The van der Waals surface area contributed by atoms with Gasteiger partial charge in [0.15, 0.2) is 5.58 Å². The lowest BCUT2D eigenvalue weighted by Crippen LogP contribution is -2.39. The third kappa shape index (κ3) is 2.79. The largest absolute Gasteiger partial charge is 0.356 e. The van der Waals surface area contributed by atoms with E-state index in [-0.39, 0.29) is 18.4 Å². The van der Waals surface area contributed by atoms with E-state index in [0.717, 1.165) is 48.2 Å². The molecule has 6 nitrogen and oxygen atoms in total. The Hall–Kier alpha value is -2.63. The minimum Gasteiger partial charge on any atom is -0.356 e. The summed E-state index contributed by atoms with van der Waals surface area (Å²) in [6.07, 6.45) is 6.21. The minimum atomic E-state index is 0.112. The maximum absolute atomic E-state index is 12.8.